The zero-order valence-electron chi connectivity index (χ0n) is 17.8. The Bertz CT molecular complexity index is 1430. The van der Waals surface area contributed by atoms with E-state index in [9.17, 15) is 0 Å². The topological polar surface area (TPSA) is 0 Å². The quantitative estimate of drug-likeness (QED) is 0.419. The molecule has 0 nitrogen and oxygen atoms in total. The van der Waals surface area contributed by atoms with Crippen LogP contribution in [0, 0.1) is 10.4 Å². The van der Waals surface area contributed by atoms with Gasteiger partial charge in [0.2, 0.25) is 0 Å². The summed E-state index contributed by atoms with van der Waals surface area (Å²) in [5.74, 6) is 0.313. The van der Waals surface area contributed by atoms with Crippen molar-refractivity contribution in [2.24, 2.45) is 0 Å². The van der Waals surface area contributed by atoms with E-state index >= 15 is 0 Å². The van der Waals surface area contributed by atoms with Crippen molar-refractivity contribution in [1.82, 2.24) is 0 Å². The number of allylic oxidation sites excluding steroid dienone is 4. The monoisotopic (exact) mass is 519 g/mol. The summed E-state index contributed by atoms with van der Waals surface area (Å²) in [5.41, 5.74) is 8.43. The first-order chi connectivity index (χ1) is 14.1. The first-order valence-electron chi connectivity index (χ1n) is 10.2. The van der Waals surface area contributed by atoms with Gasteiger partial charge in [-0.2, -0.15) is 0 Å². The molecule has 0 saturated heterocycles. The maximum atomic E-state index is 2.42. The molecule has 0 aliphatic heterocycles. The van der Waals surface area contributed by atoms with Crippen molar-refractivity contribution >= 4 is 14.4 Å². The standard InChI is InChI=1S/C28H23.2ClH.Zr/c1-18(2)22-13-14-24-23-12-8-7-11-21(23)17-27(24)28(22)26-16-19(3)15-25(26)20-9-5-4-6-10-20;;;/h4-16,25H,1-3H3;2*1H;/q;;;+2/p-2. The molecule has 3 heteroatoms. The molecule has 0 bridgehead atoms. The zero-order valence-corrected chi connectivity index (χ0v) is 21.8. The Morgan fingerprint density at radius 3 is 2.06 bits per heavy atom. The van der Waals surface area contributed by atoms with Gasteiger partial charge in [-0.05, 0) is 0 Å². The zero-order chi connectivity index (χ0) is 20.1. The molecular weight excluding hydrogens is 498 g/mol. The normalized spacial score (nSPS) is 15.9. The van der Waals surface area contributed by atoms with E-state index in [1.54, 1.807) is 0 Å². The Morgan fingerprint density at radius 2 is 1.39 bits per heavy atom. The van der Waals surface area contributed by atoms with Crippen LogP contribution in [-0.2, 0) is 24.7 Å². The molecule has 1 unspecified atom stereocenters. The molecule has 2 aliphatic carbocycles. The number of fused-ring (bicyclic) bond motifs is 2. The molecule has 5 rings (SSSR count). The molecule has 153 valence electrons. The van der Waals surface area contributed by atoms with Crippen LogP contribution in [0.15, 0.2) is 84.5 Å². The van der Waals surface area contributed by atoms with Gasteiger partial charge in [0.05, 0.1) is 0 Å². The molecular formula is C28H23Cl2Zr. The minimum Gasteiger partial charge on any atom is -1.00 e. The van der Waals surface area contributed by atoms with Gasteiger partial charge in [-0.25, -0.2) is 0 Å². The second-order valence-electron chi connectivity index (χ2n) is 8.23. The number of hydrogen-bond donors (Lipinski definition) is 0. The Labute approximate surface area is 211 Å². The number of benzene rings is 3. The predicted octanol–water partition coefficient (Wildman–Crippen LogP) is -0.684. The third kappa shape index (κ3) is 3.98. The molecule has 0 heterocycles. The van der Waals surface area contributed by atoms with Crippen LogP contribution in [0.1, 0.15) is 43.4 Å². The molecule has 0 amide bonds. The van der Waals surface area contributed by atoms with Gasteiger partial charge in [-0.3, -0.25) is 0 Å². The molecule has 3 aromatic rings. The van der Waals surface area contributed by atoms with Gasteiger partial charge < -0.3 is 24.8 Å². The van der Waals surface area contributed by atoms with Crippen molar-refractivity contribution in [3.63, 3.8) is 0 Å². The SMILES string of the molecule is CC1=CC(c2ccccc2)C(c2c3c(ccc2=C(C)C)=c2ccccc2=[C]3[Zr+2])=C1.[Cl-].[Cl-]. The molecule has 0 aromatic heterocycles. The number of rotatable bonds is 2. The van der Waals surface area contributed by atoms with Crippen LogP contribution in [-0.4, -0.2) is 0 Å². The molecule has 31 heavy (non-hydrogen) atoms. The average Bonchev–Trinajstić information content (AvgIpc) is 3.26. The average molecular weight is 522 g/mol. The Hall–Kier alpha value is -1.66. The van der Waals surface area contributed by atoms with Crippen molar-refractivity contribution in [1.29, 1.82) is 0 Å². The van der Waals surface area contributed by atoms with Crippen molar-refractivity contribution in [2.75, 3.05) is 0 Å². The van der Waals surface area contributed by atoms with E-state index in [-0.39, 0.29) is 24.8 Å². The molecule has 0 N–H and O–H groups in total. The minimum atomic E-state index is 0. The maximum absolute atomic E-state index is 2.42. The van der Waals surface area contributed by atoms with Crippen molar-refractivity contribution in [2.45, 2.75) is 26.7 Å². The summed E-state index contributed by atoms with van der Waals surface area (Å²) >= 11 is 1.48. The van der Waals surface area contributed by atoms with Gasteiger partial charge in [0.25, 0.3) is 0 Å². The fourth-order valence-corrected chi connectivity index (χ4v) is 5.95. The number of hydrogen-bond acceptors (Lipinski definition) is 0. The maximum Gasteiger partial charge on any atom is -1.00 e. The van der Waals surface area contributed by atoms with Crippen molar-refractivity contribution < 1.29 is 49.5 Å². The second kappa shape index (κ2) is 9.45. The van der Waals surface area contributed by atoms with E-state index in [1.807, 2.05) is 0 Å². The van der Waals surface area contributed by atoms with Gasteiger partial charge >= 0.3 is 188 Å². The van der Waals surface area contributed by atoms with Crippen LogP contribution in [0.3, 0.4) is 0 Å². The van der Waals surface area contributed by atoms with Gasteiger partial charge in [0.1, 0.15) is 0 Å². The van der Waals surface area contributed by atoms with Gasteiger partial charge in [0, 0.05) is 0 Å². The Morgan fingerprint density at radius 1 is 0.742 bits per heavy atom. The predicted molar refractivity (Wildman–Crippen MR) is 118 cm³/mol. The molecule has 3 aromatic carbocycles. The molecule has 2 aliphatic rings. The summed E-state index contributed by atoms with van der Waals surface area (Å²) in [6, 6.07) is 24.5. The first-order valence-corrected chi connectivity index (χ1v) is 11.4. The second-order valence-corrected chi connectivity index (χ2v) is 9.46. The van der Waals surface area contributed by atoms with Gasteiger partial charge in [-0.1, -0.05) is 0 Å². The summed E-state index contributed by atoms with van der Waals surface area (Å²) in [6.07, 6.45) is 4.83. The first kappa shape index (κ1) is 24.0. The van der Waals surface area contributed by atoms with Gasteiger partial charge in [-0.15, -0.1) is 0 Å². The van der Waals surface area contributed by atoms with E-state index in [1.165, 1.54) is 82.3 Å². The van der Waals surface area contributed by atoms with Crippen molar-refractivity contribution in [3.8, 4) is 0 Å². The smallest absolute Gasteiger partial charge is 1.00 e. The van der Waals surface area contributed by atoms with Crippen LogP contribution in [0.2, 0.25) is 0 Å². The molecule has 0 saturated carbocycles. The van der Waals surface area contributed by atoms with E-state index in [0.717, 1.165) is 0 Å². The fourth-order valence-electron chi connectivity index (χ4n) is 4.77. The van der Waals surface area contributed by atoms with Crippen LogP contribution < -0.4 is 35.3 Å². The van der Waals surface area contributed by atoms with E-state index < -0.39 is 0 Å². The molecule has 0 spiro atoms. The summed E-state index contributed by atoms with van der Waals surface area (Å²) in [5, 5.41) is 5.57. The summed E-state index contributed by atoms with van der Waals surface area (Å²) in [4.78, 5) is 0. The van der Waals surface area contributed by atoms with Crippen LogP contribution in [0.5, 0.6) is 0 Å². The van der Waals surface area contributed by atoms with Gasteiger partial charge in [0.15, 0.2) is 0 Å². The third-order valence-electron chi connectivity index (χ3n) is 6.08. The van der Waals surface area contributed by atoms with E-state index in [4.69, 9.17) is 0 Å². The van der Waals surface area contributed by atoms with Crippen LogP contribution >= 0.6 is 0 Å². The molecule has 0 fully saturated rings. The Balaban J connectivity index is 0.00000136. The van der Waals surface area contributed by atoms with Crippen LogP contribution in [0.4, 0.5) is 0 Å². The Kier molecular flexibility index (Phi) is 7.32. The summed E-state index contributed by atoms with van der Waals surface area (Å²) in [7, 11) is 0. The fraction of sp³-hybridized carbons (Fsp3) is 0.143. The van der Waals surface area contributed by atoms with Crippen LogP contribution in [0.25, 0.3) is 14.4 Å². The van der Waals surface area contributed by atoms with E-state index in [0.29, 0.717) is 5.92 Å². The molecule has 1 atom stereocenters. The van der Waals surface area contributed by atoms with Crippen molar-refractivity contribution in [3.05, 3.63) is 122 Å². The third-order valence-corrected chi connectivity index (χ3v) is 7.35. The summed E-state index contributed by atoms with van der Waals surface area (Å²) in [6.45, 7) is 6.71. The minimum absolute atomic E-state index is 0. The largest absolute Gasteiger partial charge is 1.00 e. The summed E-state index contributed by atoms with van der Waals surface area (Å²) < 4.78 is 1.48. The van der Waals surface area contributed by atoms with E-state index in [2.05, 4.69) is 99.7 Å². The number of halogens is 2. The molecule has 0 radical (unpaired) electrons.